The number of hydrogen-bond donors (Lipinski definition) is 2. The van der Waals surface area contributed by atoms with E-state index in [9.17, 15) is 8.42 Å². The summed E-state index contributed by atoms with van der Waals surface area (Å²) in [5.41, 5.74) is 2.90. The van der Waals surface area contributed by atoms with Crippen molar-refractivity contribution in [2.45, 2.75) is 24.5 Å². The Morgan fingerprint density at radius 3 is 2.52 bits per heavy atom. The first-order valence-electron chi connectivity index (χ1n) is 7.88. The third-order valence-corrected chi connectivity index (χ3v) is 6.75. The van der Waals surface area contributed by atoms with E-state index in [1.807, 2.05) is 44.2 Å². The molecule has 0 fully saturated rings. The van der Waals surface area contributed by atoms with Gasteiger partial charge in [0.1, 0.15) is 10.0 Å². The second-order valence-electron chi connectivity index (χ2n) is 5.55. The Hall–Kier alpha value is -2.38. The molecule has 0 radical (unpaired) electrons. The minimum absolute atomic E-state index is 0.293. The van der Waals surface area contributed by atoms with Crippen molar-refractivity contribution < 1.29 is 8.42 Å². The summed E-state index contributed by atoms with van der Waals surface area (Å²) in [5.74, 6) is 0.293. The molecule has 0 unspecified atom stereocenters. The molecule has 0 spiro atoms. The maximum atomic E-state index is 12.4. The van der Waals surface area contributed by atoms with Gasteiger partial charge < -0.3 is 5.32 Å². The zero-order valence-electron chi connectivity index (χ0n) is 14.0. The number of hydrogen-bond acceptors (Lipinski definition) is 5. The van der Waals surface area contributed by atoms with Crippen LogP contribution >= 0.6 is 11.3 Å². The predicted octanol–water partition coefficient (Wildman–Crippen LogP) is 4.56. The van der Waals surface area contributed by atoms with Gasteiger partial charge >= 0.3 is 0 Å². The fourth-order valence-corrected chi connectivity index (χ4v) is 4.58. The minimum Gasteiger partial charge on any atom is -0.354 e. The number of para-hydroxylation sites is 1. The number of benzene rings is 1. The summed E-state index contributed by atoms with van der Waals surface area (Å²) in [4.78, 5) is 5.23. The highest BCUT2D eigenvalue weighted by molar-refractivity contribution is 7.94. The Morgan fingerprint density at radius 1 is 1.08 bits per heavy atom. The van der Waals surface area contributed by atoms with Crippen molar-refractivity contribution in [2.75, 3.05) is 10.0 Å². The third-order valence-electron chi connectivity index (χ3n) is 3.68. The fourth-order valence-electron chi connectivity index (χ4n) is 2.28. The van der Waals surface area contributed by atoms with Crippen LogP contribution in [-0.2, 0) is 16.4 Å². The quantitative estimate of drug-likeness (QED) is 0.664. The average Bonchev–Trinajstić information content (AvgIpc) is 3.09. The van der Waals surface area contributed by atoms with E-state index in [-0.39, 0.29) is 0 Å². The van der Waals surface area contributed by atoms with E-state index in [2.05, 4.69) is 15.0 Å². The SMILES string of the molecule is CCc1ccc(S(=O)(=O)Nc2ccc(Nc3ccccc3C)cn2)s1. The molecule has 25 heavy (non-hydrogen) atoms. The highest BCUT2D eigenvalue weighted by Gasteiger charge is 2.17. The lowest BCUT2D eigenvalue weighted by Crippen LogP contribution is -2.12. The topological polar surface area (TPSA) is 71.1 Å². The van der Waals surface area contributed by atoms with Gasteiger partial charge in [-0.15, -0.1) is 11.3 Å². The summed E-state index contributed by atoms with van der Waals surface area (Å²) in [7, 11) is -3.60. The first-order chi connectivity index (χ1) is 12.0. The summed E-state index contributed by atoms with van der Waals surface area (Å²) < 4.78 is 27.6. The van der Waals surface area contributed by atoms with Crippen LogP contribution in [0.4, 0.5) is 17.2 Å². The summed E-state index contributed by atoms with van der Waals surface area (Å²) in [6.07, 6.45) is 2.42. The smallest absolute Gasteiger partial charge is 0.272 e. The number of nitrogens with one attached hydrogen (secondary N) is 2. The van der Waals surface area contributed by atoms with Crippen LogP contribution in [0.3, 0.4) is 0 Å². The standard InChI is InChI=1S/C18H19N3O2S2/c1-3-15-9-11-18(24-15)25(22,23)21-17-10-8-14(12-19-17)20-16-7-5-4-6-13(16)2/h4-12,20H,3H2,1-2H3,(H,19,21). The molecule has 0 atom stereocenters. The van der Waals surface area contributed by atoms with Gasteiger partial charge in [-0.3, -0.25) is 4.72 Å². The number of thiophene rings is 1. The van der Waals surface area contributed by atoms with E-state index < -0.39 is 10.0 Å². The Balaban J connectivity index is 1.73. The van der Waals surface area contributed by atoms with Crippen LogP contribution in [-0.4, -0.2) is 13.4 Å². The molecule has 0 aliphatic rings. The van der Waals surface area contributed by atoms with Gasteiger partial charge in [-0.1, -0.05) is 25.1 Å². The molecule has 1 aromatic carbocycles. The lowest BCUT2D eigenvalue weighted by Gasteiger charge is -2.10. The van der Waals surface area contributed by atoms with Crippen LogP contribution in [0.1, 0.15) is 17.4 Å². The molecule has 0 aliphatic carbocycles. The molecule has 2 N–H and O–H groups in total. The number of anilines is 3. The van der Waals surface area contributed by atoms with Crippen LogP contribution in [0.2, 0.25) is 0 Å². The number of aryl methyl sites for hydroxylation is 2. The van der Waals surface area contributed by atoms with Gasteiger partial charge in [-0.2, -0.15) is 0 Å². The van der Waals surface area contributed by atoms with Gasteiger partial charge in [0.25, 0.3) is 10.0 Å². The van der Waals surface area contributed by atoms with Gasteiger partial charge in [0, 0.05) is 10.6 Å². The fraction of sp³-hybridized carbons (Fsp3) is 0.167. The largest absolute Gasteiger partial charge is 0.354 e. The Kier molecular flexibility index (Phi) is 5.06. The number of pyridine rings is 1. The van der Waals surface area contributed by atoms with Crippen molar-refractivity contribution in [1.82, 2.24) is 4.98 Å². The molecule has 0 saturated carbocycles. The molecule has 2 heterocycles. The van der Waals surface area contributed by atoms with Gasteiger partial charge in [0.05, 0.1) is 11.9 Å². The van der Waals surface area contributed by atoms with Crippen molar-refractivity contribution in [2.24, 2.45) is 0 Å². The number of sulfonamides is 1. The van der Waals surface area contributed by atoms with Crippen LogP contribution in [0, 0.1) is 6.92 Å². The predicted molar refractivity (Wildman–Crippen MR) is 103 cm³/mol. The normalized spacial score (nSPS) is 11.3. The van der Waals surface area contributed by atoms with Crippen molar-refractivity contribution in [3.63, 3.8) is 0 Å². The zero-order valence-corrected chi connectivity index (χ0v) is 15.6. The van der Waals surface area contributed by atoms with Crippen molar-refractivity contribution >= 4 is 38.6 Å². The van der Waals surface area contributed by atoms with Gasteiger partial charge in [0.2, 0.25) is 0 Å². The van der Waals surface area contributed by atoms with Crippen LogP contribution in [0.5, 0.6) is 0 Å². The molecule has 0 bridgehead atoms. The summed E-state index contributed by atoms with van der Waals surface area (Å²) >= 11 is 1.28. The number of rotatable bonds is 6. The lowest BCUT2D eigenvalue weighted by molar-refractivity contribution is 0.603. The van der Waals surface area contributed by atoms with Crippen LogP contribution < -0.4 is 10.0 Å². The van der Waals surface area contributed by atoms with E-state index in [0.717, 1.165) is 28.2 Å². The Labute approximate surface area is 151 Å². The van der Waals surface area contributed by atoms with Crippen molar-refractivity contribution in [1.29, 1.82) is 0 Å². The highest BCUT2D eigenvalue weighted by Crippen LogP contribution is 2.25. The molecule has 7 heteroatoms. The molecule has 5 nitrogen and oxygen atoms in total. The van der Waals surface area contributed by atoms with Gasteiger partial charge in [-0.05, 0) is 49.2 Å². The van der Waals surface area contributed by atoms with E-state index in [1.54, 1.807) is 24.4 Å². The van der Waals surface area contributed by atoms with Crippen LogP contribution in [0.15, 0.2) is 58.9 Å². The second kappa shape index (κ2) is 7.25. The van der Waals surface area contributed by atoms with Gasteiger partial charge in [0.15, 0.2) is 0 Å². The lowest BCUT2D eigenvalue weighted by atomic mass is 10.2. The van der Waals surface area contributed by atoms with Crippen molar-refractivity contribution in [3.8, 4) is 0 Å². The van der Waals surface area contributed by atoms with Crippen molar-refractivity contribution in [3.05, 3.63) is 65.2 Å². The molecule has 3 aromatic rings. The molecule has 0 amide bonds. The second-order valence-corrected chi connectivity index (χ2v) is 8.63. The Bertz CT molecular complexity index is 964. The third kappa shape index (κ3) is 4.18. The maximum absolute atomic E-state index is 12.4. The van der Waals surface area contributed by atoms with E-state index in [0.29, 0.717) is 10.0 Å². The van der Waals surface area contributed by atoms with E-state index in [4.69, 9.17) is 0 Å². The molecular weight excluding hydrogens is 354 g/mol. The molecule has 2 aromatic heterocycles. The number of aromatic nitrogens is 1. The monoisotopic (exact) mass is 373 g/mol. The summed E-state index contributed by atoms with van der Waals surface area (Å²) in [6.45, 7) is 4.02. The summed E-state index contributed by atoms with van der Waals surface area (Å²) in [5, 5.41) is 3.27. The molecule has 0 aliphatic heterocycles. The highest BCUT2D eigenvalue weighted by atomic mass is 32.2. The average molecular weight is 374 g/mol. The van der Waals surface area contributed by atoms with E-state index in [1.165, 1.54) is 11.3 Å². The first-order valence-corrected chi connectivity index (χ1v) is 10.2. The molecule has 130 valence electrons. The summed E-state index contributed by atoms with van der Waals surface area (Å²) in [6, 6.07) is 14.8. The zero-order chi connectivity index (χ0) is 17.9. The minimum atomic E-state index is -3.60. The Morgan fingerprint density at radius 2 is 1.88 bits per heavy atom. The van der Waals surface area contributed by atoms with E-state index >= 15 is 0 Å². The molecule has 0 saturated heterocycles. The van der Waals surface area contributed by atoms with Crippen LogP contribution in [0.25, 0.3) is 0 Å². The molecule has 3 rings (SSSR count). The molecular formula is C18H19N3O2S2. The number of nitrogens with zero attached hydrogens (tertiary/aromatic N) is 1. The van der Waals surface area contributed by atoms with Gasteiger partial charge in [-0.25, -0.2) is 13.4 Å². The maximum Gasteiger partial charge on any atom is 0.272 e. The first kappa shape index (κ1) is 17.4.